The molecule has 0 fully saturated rings. The Morgan fingerprint density at radius 3 is 2.58 bits per heavy atom. The number of aromatic nitrogens is 2. The van der Waals surface area contributed by atoms with E-state index in [4.69, 9.17) is 0 Å². The largest absolute Gasteiger partial charge is 0.340 e. The Hall–Kier alpha value is -3.15. The van der Waals surface area contributed by atoms with Crippen molar-refractivity contribution in [2.75, 3.05) is 14.1 Å². The molecule has 1 heterocycles. The van der Waals surface area contributed by atoms with E-state index in [1.165, 1.54) is 15.7 Å². The van der Waals surface area contributed by atoms with Crippen LogP contribution in [0.25, 0.3) is 22.0 Å². The second-order valence-corrected chi connectivity index (χ2v) is 8.13. The Bertz CT molecular complexity index is 1030. The molecular weight excluding hydrogens is 388 g/mol. The first kappa shape index (κ1) is 22.5. The third-order valence-electron chi connectivity index (χ3n) is 5.53. The summed E-state index contributed by atoms with van der Waals surface area (Å²) in [5.41, 5.74) is 1.99. The zero-order chi connectivity index (χ0) is 22.2. The number of benzene rings is 2. The molecule has 0 saturated carbocycles. The molecule has 1 atom stereocenters. The summed E-state index contributed by atoms with van der Waals surface area (Å²) < 4.78 is 0. The van der Waals surface area contributed by atoms with Gasteiger partial charge in [0.2, 0.25) is 0 Å². The third-order valence-corrected chi connectivity index (χ3v) is 5.53. The lowest BCUT2D eigenvalue weighted by atomic mass is 10.0. The number of nitrogens with one attached hydrogen (secondary N) is 2. The fourth-order valence-corrected chi connectivity index (χ4v) is 3.60. The van der Waals surface area contributed by atoms with Crippen LogP contribution in [-0.2, 0) is 4.79 Å². The maximum Gasteiger partial charge on any atom is 0.317 e. The molecule has 0 aliphatic carbocycles. The number of rotatable bonds is 10. The van der Waals surface area contributed by atoms with Crippen LogP contribution in [0.1, 0.15) is 57.3 Å². The first-order valence-electron chi connectivity index (χ1n) is 11.0. The number of urea groups is 1. The van der Waals surface area contributed by atoms with Crippen molar-refractivity contribution >= 4 is 22.6 Å². The van der Waals surface area contributed by atoms with Crippen molar-refractivity contribution in [1.29, 1.82) is 0 Å². The molecule has 3 rings (SSSR count). The number of hydrogen-bond acceptors (Lipinski definition) is 3. The SMILES string of the molecule is CCC(=O)CCCCC[C@H](NC(=O)N(C)C)c1ncc(-c2ccc3ccccc3c2)[nH]1. The highest BCUT2D eigenvalue weighted by molar-refractivity contribution is 5.86. The minimum atomic E-state index is -0.203. The van der Waals surface area contributed by atoms with Gasteiger partial charge in [-0.2, -0.15) is 0 Å². The number of ketones is 1. The van der Waals surface area contributed by atoms with E-state index >= 15 is 0 Å². The van der Waals surface area contributed by atoms with Crippen molar-refractivity contribution in [3.05, 3.63) is 54.5 Å². The lowest BCUT2D eigenvalue weighted by Gasteiger charge is -2.20. The molecule has 0 radical (unpaired) electrons. The van der Waals surface area contributed by atoms with Crippen molar-refractivity contribution in [2.45, 2.75) is 51.5 Å². The van der Waals surface area contributed by atoms with Gasteiger partial charge >= 0.3 is 6.03 Å². The maximum atomic E-state index is 12.3. The lowest BCUT2D eigenvalue weighted by molar-refractivity contribution is -0.118. The first-order chi connectivity index (χ1) is 15.0. The van der Waals surface area contributed by atoms with E-state index in [1.807, 2.05) is 25.3 Å². The second kappa shape index (κ2) is 10.8. The van der Waals surface area contributed by atoms with Gasteiger partial charge in [0.25, 0.3) is 0 Å². The van der Waals surface area contributed by atoms with Gasteiger partial charge in [-0.3, -0.25) is 4.79 Å². The van der Waals surface area contributed by atoms with Gasteiger partial charge in [0.1, 0.15) is 11.6 Å². The summed E-state index contributed by atoms with van der Waals surface area (Å²) in [6.45, 7) is 1.90. The van der Waals surface area contributed by atoms with Crippen molar-refractivity contribution in [3.8, 4) is 11.3 Å². The van der Waals surface area contributed by atoms with Crippen LogP contribution in [0.3, 0.4) is 0 Å². The summed E-state index contributed by atoms with van der Waals surface area (Å²) >= 11 is 0. The Balaban J connectivity index is 1.71. The number of hydrogen-bond donors (Lipinski definition) is 2. The number of carbonyl (C=O) groups is 2. The van der Waals surface area contributed by atoms with E-state index in [0.29, 0.717) is 18.6 Å². The van der Waals surface area contributed by atoms with E-state index in [2.05, 4.69) is 45.6 Å². The fraction of sp³-hybridized carbons (Fsp3) is 0.400. The molecule has 0 aliphatic heterocycles. The minimum Gasteiger partial charge on any atom is -0.340 e. The Morgan fingerprint density at radius 1 is 1.06 bits per heavy atom. The van der Waals surface area contributed by atoms with Crippen LogP contribution >= 0.6 is 0 Å². The highest BCUT2D eigenvalue weighted by Crippen LogP contribution is 2.26. The third kappa shape index (κ3) is 6.17. The summed E-state index contributed by atoms with van der Waals surface area (Å²) in [5.74, 6) is 1.06. The van der Waals surface area contributed by atoms with Crippen LogP contribution in [0.15, 0.2) is 48.7 Å². The van der Waals surface area contributed by atoms with E-state index in [0.717, 1.165) is 42.8 Å². The molecule has 1 aromatic heterocycles. The van der Waals surface area contributed by atoms with E-state index in [1.54, 1.807) is 14.1 Å². The van der Waals surface area contributed by atoms with Crippen molar-refractivity contribution in [3.63, 3.8) is 0 Å². The van der Waals surface area contributed by atoms with Gasteiger partial charge in [0.05, 0.1) is 17.9 Å². The summed E-state index contributed by atoms with van der Waals surface area (Å²) in [4.78, 5) is 33.3. The van der Waals surface area contributed by atoms with Crippen LogP contribution in [0.5, 0.6) is 0 Å². The average Bonchev–Trinajstić information content (AvgIpc) is 3.27. The van der Waals surface area contributed by atoms with Gasteiger partial charge in [-0.1, -0.05) is 56.2 Å². The first-order valence-corrected chi connectivity index (χ1v) is 11.0. The summed E-state index contributed by atoms with van der Waals surface area (Å²) in [6, 6.07) is 14.2. The van der Waals surface area contributed by atoms with Crippen LogP contribution in [0.2, 0.25) is 0 Å². The number of fused-ring (bicyclic) bond motifs is 1. The quantitative estimate of drug-likeness (QED) is 0.427. The van der Waals surface area contributed by atoms with E-state index in [9.17, 15) is 9.59 Å². The number of nitrogens with zero attached hydrogens (tertiary/aromatic N) is 2. The normalized spacial score (nSPS) is 12.0. The molecule has 0 spiro atoms. The molecule has 164 valence electrons. The monoisotopic (exact) mass is 420 g/mol. The standard InChI is InChI=1S/C25H32N4O2/c1-4-21(30)12-6-5-7-13-22(28-25(31)29(2)3)24-26-17-23(27-24)20-15-14-18-10-8-9-11-19(18)16-20/h8-11,14-17,22H,4-7,12-13H2,1-3H3,(H,26,27)(H,28,31)/t22-/m0/s1. The highest BCUT2D eigenvalue weighted by Gasteiger charge is 2.19. The topological polar surface area (TPSA) is 78.1 Å². The maximum absolute atomic E-state index is 12.3. The molecule has 6 heteroatoms. The number of H-pyrrole nitrogens is 1. The van der Waals surface area contributed by atoms with Crippen LogP contribution in [-0.4, -0.2) is 40.8 Å². The summed E-state index contributed by atoms with van der Waals surface area (Å²) in [5, 5.41) is 5.44. The number of aromatic amines is 1. The van der Waals surface area contributed by atoms with Gasteiger partial charge in [-0.05, 0) is 29.7 Å². The molecular formula is C25H32N4O2. The summed E-state index contributed by atoms with van der Waals surface area (Å²) in [7, 11) is 3.46. The molecule has 0 unspecified atom stereocenters. The van der Waals surface area contributed by atoms with E-state index in [-0.39, 0.29) is 12.1 Å². The lowest BCUT2D eigenvalue weighted by Crippen LogP contribution is -2.37. The molecule has 2 amide bonds. The van der Waals surface area contributed by atoms with Gasteiger partial charge in [0, 0.05) is 32.5 Å². The zero-order valence-corrected chi connectivity index (χ0v) is 18.6. The molecule has 2 N–H and O–H groups in total. The van der Waals surface area contributed by atoms with Gasteiger partial charge in [-0.15, -0.1) is 0 Å². The average molecular weight is 421 g/mol. The Morgan fingerprint density at radius 2 is 1.84 bits per heavy atom. The number of imidazole rings is 1. The number of carbonyl (C=O) groups excluding carboxylic acids is 2. The molecule has 3 aromatic rings. The molecule has 0 aliphatic rings. The van der Waals surface area contributed by atoms with Crippen molar-refractivity contribution < 1.29 is 9.59 Å². The van der Waals surface area contributed by atoms with Gasteiger partial charge in [-0.25, -0.2) is 9.78 Å². The predicted octanol–water partition coefficient (Wildman–Crippen LogP) is 5.47. The molecule has 2 aromatic carbocycles. The van der Waals surface area contributed by atoms with Gasteiger partial charge in [0.15, 0.2) is 0 Å². The van der Waals surface area contributed by atoms with Crippen molar-refractivity contribution in [1.82, 2.24) is 20.2 Å². The van der Waals surface area contributed by atoms with Crippen molar-refractivity contribution in [2.24, 2.45) is 0 Å². The second-order valence-electron chi connectivity index (χ2n) is 8.13. The molecule has 6 nitrogen and oxygen atoms in total. The number of unbranched alkanes of at least 4 members (excludes halogenated alkanes) is 2. The van der Waals surface area contributed by atoms with Crippen LogP contribution in [0, 0.1) is 0 Å². The van der Waals surface area contributed by atoms with Gasteiger partial charge < -0.3 is 15.2 Å². The van der Waals surface area contributed by atoms with Crippen LogP contribution < -0.4 is 5.32 Å². The predicted molar refractivity (Wildman–Crippen MR) is 125 cm³/mol. The highest BCUT2D eigenvalue weighted by atomic mass is 16.2. The fourth-order valence-electron chi connectivity index (χ4n) is 3.60. The zero-order valence-electron chi connectivity index (χ0n) is 18.6. The molecule has 0 bridgehead atoms. The van der Waals surface area contributed by atoms with E-state index < -0.39 is 0 Å². The number of Topliss-reactive ketones (excluding diaryl/α,β-unsaturated/α-hetero) is 1. The Kier molecular flexibility index (Phi) is 7.82. The Labute approximate surface area is 184 Å². The summed E-state index contributed by atoms with van der Waals surface area (Å²) in [6.07, 6.45) is 6.60. The molecule has 0 saturated heterocycles. The number of amides is 2. The van der Waals surface area contributed by atoms with Crippen LogP contribution in [0.4, 0.5) is 4.79 Å². The molecule has 31 heavy (non-hydrogen) atoms. The smallest absolute Gasteiger partial charge is 0.317 e. The minimum absolute atomic E-state index is 0.144.